The molecule has 0 aliphatic carbocycles. The van der Waals surface area contributed by atoms with E-state index < -0.39 is 0 Å². The molecular formula is C12H16Br2N2OS. The Balaban J connectivity index is 2.40. The van der Waals surface area contributed by atoms with Crippen LogP contribution >= 0.6 is 43.6 Å². The molecule has 1 amide bonds. The zero-order chi connectivity index (χ0) is 13.5. The lowest BCUT2D eigenvalue weighted by Gasteiger charge is -2.09. The summed E-state index contributed by atoms with van der Waals surface area (Å²) in [5.41, 5.74) is 6.31. The number of nitrogens with two attached hydrogens (primary N) is 1. The van der Waals surface area contributed by atoms with E-state index in [1.807, 2.05) is 18.2 Å². The Kier molecular flexibility index (Phi) is 7.29. The molecule has 3 N–H and O–H groups in total. The number of carbonyl (C=O) groups excluding carboxylic acids is 1. The maximum atomic E-state index is 11.7. The Morgan fingerprint density at radius 2 is 2.22 bits per heavy atom. The Bertz CT molecular complexity index is 415. The Hall–Kier alpha value is -0.0400. The van der Waals surface area contributed by atoms with Crippen molar-refractivity contribution in [3.8, 4) is 0 Å². The van der Waals surface area contributed by atoms with E-state index in [9.17, 15) is 4.79 Å². The predicted molar refractivity (Wildman–Crippen MR) is 86.0 cm³/mol. The van der Waals surface area contributed by atoms with Crippen LogP contribution in [-0.2, 0) is 4.79 Å². The molecule has 0 radical (unpaired) electrons. The molecule has 1 unspecified atom stereocenters. The van der Waals surface area contributed by atoms with Crippen molar-refractivity contribution in [2.75, 3.05) is 23.4 Å². The number of thioether (sulfide) groups is 1. The number of hydrogen-bond acceptors (Lipinski definition) is 3. The molecule has 1 rings (SSSR count). The number of carbonyl (C=O) groups is 1. The van der Waals surface area contributed by atoms with Gasteiger partial charge in [0.2, 0.25) is 5.91 Å². The normalized spacial score (nSPS) is 12.2. The van der Waals surface area contributed by atoms with Gasteiger partial charge in [-0.3, -0.25) is 4.79 Å². The van der Waals surface area contributed by atoms with Crippen molar-refractivity contribution in [2.24, 2.45) is 11.7 Å². The summed E-state index contributed by atoms with van der Waals surface area (Å²) in [4.78, 5) is 11.7. The van der Waals surface area contributed by atoms with Gasteiger partial charge >= 0.3 is 0 Å². The minimum atomic E-state index is 0.00671. The second-order valence-electron chi connectivity index (χ2n) is 4.03. The van der Waals surface area contributed by atoms with Gasteiger partial charge in [-0.1, -0.05) is 22.9 Å². The Morgan fingerprint density at radius 1 is 1.50 bits per heavy atom. The summed E-state index contributed by atoms with van der Waals surface area (Å²) >= 11 is 8.39. The zero-order valence-corrected chi connectivity index (χ0v) is 14.1. The van der Waals surface area contributed by atoms with Gasteiger partial charge in [0.05, 0.1) is 11.4 Å². The van der Waals surface area contributed by atoms with Crippen molar-refractivity contribution in [3.63, 3.8) is 0 Å². The van der Waals surface area contributed by atoms with Gasteiger partial charge in [-0.25, -0.2) is 0 Å². The van der Waals surface area contributed by atoms with Crippen LogP contribution in [0.4, 0.5) is 5.69 Å². The summed E-state index contributed by atoms with van der Waals surface area (Å²) in [6.45, 7) is 2.74. The number of nitrogens with one attached hydrogen (secondary N) is 1. The van der Waals surface area contributed by atoms with Crippen molar-refractivity contribution in [3.05, 3.63) is 27.1 Å². The van der Waals surface area contributed by atoms with E-state index in [0.29, 0.717) is 18.2 Å². The molecule has 0 heterocycles. The number of hydrogen-bond donors (Lipinski definition) is 2. The van der Waals surface area contributed by atoms with E-state index in [1.54, 1.807) is 11.8 Å². The van der Waals surface area contributed by atoms with Gasteiger partial charge in [-0.2, -0.15) is 11.8 Å². The summed E-state index contributed by atoms with van der Waals surface area (Å²) < 4.78 is 1.84. The van der Waals surface area contributed by atoms with Crippen molar-refractivity contribution in [1.82, 2.24) is 0 Å². The molecule has 1 atom stereocenters. The first-order valence-electron chi connectivity index (χ1n) is 5.55. The molecule has 3 nitrogen and oxygen atoms in total. The lowest BCUT2D eigenvalue weighted by atomic mass is 10.2. The van der Waals surface area contributed by atoms with Gasteiger partial charge in [0.1, 0.15) is 0 Å². The monoisotopic (exact) mass is 394 g/mol. The number of benzene rings is 1. The Morgan fingerprint density at radius 3 is 2.83 bits per heavy atom. The maximum Gasteiger partial charge on any atom is 0.234 e. The molecule has 1 aromatic carbocycles. The average molecular weight is 396 g/mol. The highest BCUT2D eigenvalue weighted by atomic mass is 79.9. The minimum absolute atomic E-state index is 0.00671. The molecular weight excluding hydrogens is 380 g/mol. The molecule has 18 heavy (non-hydrogen) atoms. The summed E-state index contributed by atoms with van der Waals surface area (Å²) in [6.07, 6.45) is 0. The second kappa shape index (κ2) is 8.19. The number of amides is 1. The fourth-order valence-electron chi connectivity index (χ4n) is 1.20. The van der Waals surface area contributed by atoms with Crippen molar-refractivity contribution >= 4 is 55.2 Å². The van der Waals surface area contributed by atoms with E-state index in [1.165, 1.54) is 0 Å². The SMILES string of the molecule is CC(CN)CSCC(=O)Nc1ccc(Br)cc1Br. The van der Waals surface area contributed by atoms with E-state index in [-0.39, 0.29) is 5.91 Å². The minimum Gasteiger partial charge on any atom is -0.330 e. The van der Waals surface area contributed by atoms with Crippen LogP contribution in [-0.4, -0.2) is 24.0 Å². The maximum absolute atomic E-state index is 11.7. The molecule has 1 aromatic rings. The predicted octanol–water partition coefficient (Wildman–Crippen LogP) is 3.48. The molecule has 0 saturated carbocycles. The molecule has 0 aliphatic heterocycles. The average Bonchev–Trinajstić information content (AvgIpc) is 2.32. The van der Waals surface area contributed by atoms with Gasteiger partial charge in [-0.05, 0) is 52.3 Å². The third-order valence-electron chi connectivity index (χ3n) is 2.24. The van der Waals surface area contributed by atoms with Crippen LogP contribution in [0, 0.1) is 5.92 Å². The molecule has 0 aromatic heterocycles. The highest BCUT2D eigenvalue weighted by molar-refractivity contribution is 9.11. The first-order chi connectivity index (χ1) is 8.52. The largest absolute Gasteiger partial charge is 0.330 e. The first-order valence-corrected chi connectivity index (χ1v) is 8.29. The molecule has 0 spiro atoms. The molecule has 0 saturated heterocycles. The molecule has 6 heteroatoms. The third kappa shape index (κ3) is 5.73. The second-order valence-corrected chi connectivity index (χ2v) is 6.83. The third-order valence-corrected chi connectivity index (χ3v) is 4.66. The summed E-state index contributed by atoms with van der Waals surface area (Å²) in [5, 5.41) is 2.87. The standard InChI is InChI=1S/C12H16Br2N2OS/c1-8(5-15)6-18-7-12(17)16-11-3-2-9(13)4-10(11)14/h2-4,8H,5-7,15H2,1H3,(H,16,17). The molecule has 0 fully saturated rings. The molecule has 0 bridgehead atoms. The van der Waals surface area contributed by atoms with Crippen LogP contribution in [0.3, 0.4) is 0 Å². The molecule has 0 aliphatic rings. The van der Waals surface area contributed by atoms with Crippen LogP contribution in [0.2, 0.25) is 0 Å². The van der Waals surface area contributed by atoms with Gasteiger partial charge < -0.3 is 11.1 Å². The van der Waals surface area contributed by atoms with Crippen LogP contribution in [0.25, 0.3) is 0 Å². The van der Waals surface area contributed by atoms with Crippen molar-refractivity contribution in [1.29, 1.82) is 0 Å². The van der Waals surface area contributed by atoms with Gasteiger partial charge in [0.15, 0.2) is 0 Å². The van der Waals surface area contributed by atoms with E-state index in [2.05, 4.69) is 44.1 Å². The van der Waals surface area contributed by atoms with Crippen LogP contribution in [0.1, 0.15) is 6.92 Å². The van der Waals surface area contributed by atoms with Crippen molar-refractivity contribution < 1.29 is 4.79 Å². The number of halogens is 2. The fraction of sp³-hybridized carbons (Fsp3) is 0.417. The van der Waals surface area contributed by atoms with E-state index in [4.69, 9.17) is 5.73 Å². The van der Waals surface area contributed by atoms with Crippen LogP contribution in [0.15, 0.2) is 27.1 Å². The fourth-order valence-corrected chi connectivity index (χ4v) is 3.26. The smallest absolute Gasteiger partial charge is 0.234 e. The topological polar surface area (TPSA) is 55.1 Å². The lowest BCUT2D eigenvalue weighted by molar-refractivity contribution is -0.113. The summed E-state index contributed by atoms with van der Waals surface area (Å²) in [6, 6.07) is 5.66. The quantitative estimate of drug-likeness (QED) is 0.775. The van der Waals surface area contributed by atoms with Crippen LogP contribution < -0.4 is 11.1 Å². The van der Waals surface area contributed by atoms with Crippen LogP contribution in [0.5, 0.6) is 0 Å². The number of rotatable bonds is 6. The highest BCUT2D eigenvalue weighted by Crippen LogP contribution is 2.26. The van der Waals surface area contributed by atoms with Gasteiger partial charge in [0.25, 0.3) is 0 Å². The lowest BCUT2D eigenvalue weighted by Crippen LogP contribution is -2.17. The van der Waals surface area contributed by atoms with Gasteiger partial charge in [0, 0.05) is 8.95 Å². The summed E-state index contributed by atoms with van der Waals surface area (Å²) in [7, 11) is 0. The molecule has 100 valence electrons. The first kappa shape index (κ1) is 16.0. The highest BCUT2D eigenvalue weighted by Gasteiger charge is 2.07. The zero-order valence-electron chi connectivity index (χ0n) is 10.1. The van der Waals surface area contributed by atoms with E-state index in [0.717, 1.165) is 20.4 Å². The number of anilines is 1. The van der Waals surface area contributed by atoms with Gasteiger partial charge in [-0.15, -0.1) is 0 Å². The van der Waals surface area contributed by atoms with E-state index >= 15 is 0 Å². The Labute approximate surface area is 129 Å². The summed E-state index contributed by atoms with van der Waals surface area (Å²) in [5.74, 6) is 1.81. The van der Waals surface area contributed by atoms with Crippen molar-refractivity contribution in [2.45, 2.75) is 6.92 Å².